The molecule has 1 aliphatic rings. The average molecular weight is 678 g/mol. The van der Waals surface area contributed by atoms with Crippen LogP contribution in [0.5, 0.6) is 0 Å². The summed E-state index contributed by atoms with van der Waals surface area (Å²) < 4.78 is 41.5. The van der Waals surface area contributed by atoms with Crippen molar-refractivity contribution in [1.82, 2.24) is 14.6 Å². The number of pyridine rings is 1. The second-order valence-electron chi connectivity index (χ2n) is 12.6. The lowest BCUT2D eigenvalue weighted by Gasteiger charge is -2.42. The molecular formula is C40H43N3O5S. The summed E-state index contributed by atoms with van der Waals surface area (Å²) in [5.41, 5.74) is 6.74. The van der Waals surface area contributed by atoms with E-state index in [2.05, 4.69) is 34.6 Å². The van der Waals surface area contributed by atoms with Crippen molar-refractivity contribution in [1.29, 1.82) is 0 Å². The number of rotatable bonds is 13. The molecule has 8 nitrogen and oxygen atoms in total. The summed E-state index contributed by atoms with van der Waals surface area (Å²) in [4.78, 5) is 7.00. The first-order valence-corrected chi connectivity index (χ1v) is 18.1. The number of aliphatic hydroxyl groups is 1. The van der Waals surface area contributed by atoms with Gasteiger partial charge in [-0.2, -0.15) is 0 Å². The first kappa shape index (κ1) is 34.6. The van der Waals surface area contributed by atoms with Gasteiger partial charge in [0.1, 0.15) is 0 Å². The Bertz CT molecular complexity index is 1890. The van der Waals surface area contributed by atoms with Crippen LogP contribution in [-0.2, 0) is 39.1 Å². The van der Waals surface area contributed by atoms with Crippen LogP contribution in [0.3, 0.4) is 0 Å². The van der Waals surface area contributed by atoms with Crippen LogP contribution in [0.1, 0.15) is 47.3 Å². The number of aliphatic hydroxyl groups excluding tert-OH is 1. The van der Waals surface area contributed by atoms with Crippen LogP contribution in [0.4, 0.5) is 0 Å². The SMILES string of the molecule is C[C@@H]1[C@H](CN(C)CCc2ccccn2)O[C@H](c2ccc(-c3cccc(CNS(=O)(=O)c4ccccc4)c3)cc2)O[C@@H]1c1ccc(CO)cc1. The predicted molar refractivity (Wildman–Crippen MR) is 191 cm³/mol. The zero-order chi connectivity index (χ0) is 34.2. The summed E-state index contributed by atoms with van der Waals surface area (Å²) in [6.45, 7) is 3.94. The lowest BCUT2D eigenvalue weighted by molar-refractivity contribution is -0.275. The van der Waals surface area contributed by atoms with Gasteiger partial charge < -0.3 is 19.5 Å². The number of hydrogen-bond donors (Lipinski definition) is 2. The van der Waals surface area contributed by atoms with Gasteiger partial charge >= 0.3 is 0 Å². The predicted octanol–water partition coefficient (Wildman–Crippen LogP) is 6.69. The first-order valence-electron chi connectivity index (χ1n) is 16.6. The molecular weight excluding hydrogens is 635 g/mol. The summed E-state index contributed by atoms with van der Waals surface area (Å²) in [7, 11) is -1.49. The minimum atomic E-state index is -3.61. The maximum atomic E-state index is 12.7. The number of aromatic nitrogens is 1. The van der Waals surface area contributed by atoms with Crippen LogP contribution < -0.4 is 4.72 Å². The van der Waals surface area contributed by atoms with Crippen molar-refractivity contribution in [2.75, 3.05) is 20.1 Å². The Morgan fingerprint density at radius 1 is 0.796 bits per heavy atom. The molecule has 1 fully saturated rings. The van der Waals surface area contributed by atoms with E-state index in [1.54, 1.807) is 30.3 Å². The lowest BCUT2D eigenvalue weighted by atomic mass is 9.90. The molecule has 4 atom stereocenters. The van der Waals surface area contributed by atoms with Gasteiger partial charge in [0.2, 0.25) is 10.0 Å². The van der Waals surface area contributed by atoms with Crippen molar-refractivity contribution in [2.24, 2.45) is 5.92 Å². The normalized spacial score (nSPS) is 19.6. The molecule has 5 aromatic rings. The third-order valence-corrected chi connectivity index (χ3v) is 10.5. The number of benzene rings is 4. The summed E-state index contributed by atoms with van der Waals surface area (Å²) in [6.07, 6.45) is 1.82. The van der Waals surface area contributed by atoms with Crippen LogP contribution in [-0.4, -0.2) is 49.6 Å². The summed E-state index contributed by atoms with van der Waals surface area (Å²) >= 11 is 0. The molecule has 0 bridgehead atoms. The fourth-order valence-corrected chi connectivity index (χ4v) is 7.17. The molecule has 1 aliphatic heterocycles. The summed E-state index contributed by atoms with van der Waals surface area (Å²) in [6, 6.07) is 38.4. The largest absolute Gasteiger partial charge is 0.392 e. The van der Waals surface area contributed by atoms with E-state index < -0.39 is 16.3 Å². The highest BCUT2D eigenvalue weighted by Gasteiger charge is 2.38. The Morgan fingerprint density at radius 2 is 1.53 bits per heavy atom. The van der Waals surface area contributed by atoms with Crippen molar-refractivity contribution in [3.8, 4) is 11.1 Å². The van der Waals surface area contributed by atoms with Gasteiger partial charge in [-0.3, -0.25) is 4.98 Å². The summed E-state index contributed by atoms with van der Waals surface area (Å²) in [5, 5.41) is 9.59. The average Bonchev–Trinajstić information content (AvgIpc) is 3.15. The molecule has 49 heavy (non-hydrogen) atoms. The Kier molecular flexibility index (Phi) is 11.3. The van der Waals surface area contributed by atoms with E-state index in [0.29, 0.717) is 0 Å². The first-order chi connectivity index (χ1) is 23.8. The minimum Gasteiger partial charge on any atom is -0.392 e. The monoisotopic (exact) mass is 677 g/mol. The second-order valence-corrected chi connectivity index (χ2v) is 14.4. The number of sulfonamides is 1. The molecule has 4 aromatic carbocycles. The highest BCUT2D eigenvalue weighted by Crippen LogP contribution is 2.42. The van der Waals surface area contributed by atoms with Gasteiger partial charge in [0.15, 0.2) is 6.29 Å². The fourth-order valence-electron chi connectivity index (χ4n) is 6.13. The van der Waals surface area contributed by atoms with E-state index in [-0.39, 0.29) is 36.2 Å². The van der Waals surface area contributed by atoms with Crippen LogP contribution in [0, 0.1) is 5.92 Å². The Morgan fingerprint density at radius 3 is 2.24 bits per heavy atom. The van der Waals surface area contributed by atoms with Crippen molar-refractivity contribution < 1.29 is 23.0 Å². The zero-order valence-corrected chi connectivity index (χ0v) is 28.7. The highest BCUT2D eigenvalue weighted by atomic mass is 32.2. The molecule has 2 heterocycles. The van der Waals surface area contributed by atoms with Gasteiger partial charge in [0.05, 0.1) is 23.7 Å². The Balaban J connectivity index is 1.17. The van der Waals surface area contributed by atoms with Crippen molar-refractivity contribution in [3.05, 3.63) is 155 Å². The quantitative estimate of drug-likeness (QED) is 0.143. The van der Waals surface area contributed by atoms with E-state index in [1.807, 2.05) is 91.1 Å². The molecule has 1 aromatic heterocycles. The van der Waals surface area contributed by atoms with E-state index in [0.717, 1.165) is 58.6 Å². The standard InChI is InChI=1S/C40H43N3O5S/c1-29-38(27-43(2)24-22-36-11-6-7-23-41-36)47-40(48-39(29)33-16-14-30(28-44)15-17-33)34-20-18-32(19-21-34)35-10-8-9-31(25-35)26-42-49(45,46)37-12-4-3-5-13-37/h3-21,23,25,29,38-40,42,44H,22,24,26-28H2,1-2H3/t29-,38+,39+,40+/m1/s1. The maximum Gasteiger partial charge on any atom is 0.240 e. The van der Waals surface area contributed by atoms with Gasteiger partial charge in [0, 0.05) is 49.4 Å². The topological polar surface area (TPSA) is 101 Å². The molecule has 1 saturated heterocycles. The molecule has 2 N–H and O–H groups in total. The molecule has 6 rings (SSSR count). The van der Waals surface area contributed by atoms with E-state index >= 15 is 0 Å². The lowest BCUT2D eigenvalue weighted by Crippen LogP contribution is -2.43. The van der Waals surface area contributed by atoms with Crippen molar-refractivity contribution in [2.45, 2.75) is 49.9 Å². The van der Waals surface area contributed by atoms with Crippen molar-refractivity contribution in [3.63, 3.8) is 0 Å². The Labute approximate surface area is 289 Å². The third-order valence-electron chi connectivity index (χ3n) is 9.05. The van der Waals surface area contributed by atoms with Gasteiger partial charge in [-0.25, -0.2) is 13.1 Å². The third kappa shape index (κ3) is 8.88. The number of nitrogens with zero attached hydrogens (tertiary/aromatic N) is 2. The molecule has 9 heteroatoms. The molecule has 0 aliphatic carbocycles. The van der Waals surface area contributed by atoms with E-state index in [4.69, 9.17) is 9.47 Å². The van der Waals surface area contributed by atoms with Crippen LogP contribution in [0.15, 0.2) is 132 Å². The molecule has 0 amide bonds. The van der Waals surface area contributed by atoms with Crippen LogP contribution in [0.2, 0.25) is 0 Å². The number of ether oxygens (including phenoxy) is 2. The van der Waals surface area contributed by atoms with Gasteiger partial charge in [-0.15, -0.1) is 0 Å². The van der Waals surface area contributed by atoms with Gasteiger partial charge in [0.25, 0.3) is 0 Å². The second kappa shape index (κ2) is 16.0. The smallest absolute Gasteiger partial charge is 0.240 e. The number of likely N-dealkylation sites (N-methyl/N-ethyl adjacent to an activating group) is 1. The number of hydrogen-bond acceptors (Lipinski definition) is 7. The maximum absolute atomic E-state index is 12.7. The van der Waals surface area contributed by atoms with Gasteiger partial charge in [-0.05, 0) is 65.2 Å². The van der Waals surface area contributed by atoms with E-state index in [9.17, 15) is 13.5 Å². The molecule has 0 saturated carbocycles. The highest BCUT2D eigenvalue weighted by molar-refractivity contribution is 7.89. The minimum absolute atomic E-state index is 0.00462. The van der Waals surface area contributed by atoms with E-state index in [1.165, 1.54) is 0 Å². The molecule has 254 valence electrons. The van der Waals surface area contributed by atoms with Crippen LogP contribution in [0.25, 0.3) is 11.1 Å². The van der Waals surface area contributed by atoms with Crippen LogP contribution >= 0.6 is 0 Å². The molecule has 0 spiro atoms. The molecule has 0 radical (unpaired) electrons. The number of nitrogens with one attached hydrogen (secondary N) is 1. The molecule has 0 unspecified atom stereocenters. The zero-order valence-electron chi connectivity index (χ0n) is 27.9. The van der Waals surface area contributed by atoms with Crippen molar-refractivity contribution >= 4 is 10.0 Å². The Hall–Kier alpha value is -4.22. The fraction of sp³-hybridized carbons (Fsp3) is 0.275. The summed E-state index contributed by atoms with van der Waals surface area (Å²) in [5.74, 6) is 0.0786. The van der Waals surface area contributed by atoms with Gasteiger partial charge in [-0.1, -0.05) is 97.9 Å².